The highest BCUT2D eigenvalue weighted by Gasteiger charge is 2.54. The van der Waals surface area contributed by atoms with E-state index in [2.05, 4.69) is 14.8 Å². The number of carbonyl (C=O) groups is 2. The Morgan fingerprint density at radius 2 is 2.06 bits per heavy atom. The van der Waals surface area contributed by atoms with Crippen LogP contribution in [-0.4, -0.2) is 90.8 Å². The molecule has 0 bridgehead atoms. The van der Waals surface area contributed by atoms with Gasteiger partial charge in [-0.05, 0) is 13.0 Å². The molecule has 1 aromatic heterocycles. The Morgan fingerprint density at radius 1 is 1.39 bits per heavy atom. The highest BCUT2D eigenvalue weighted by Crippen LogP contribution is 2.48. The van der Waals surface area contributed by atoms with Crippen LogP contribution in [0.2, 0.25) is 0 Å². The smallest absolute Gasteiger partial charge is 0.364 e. The van der Waals surface area contributed by atoms with Crippen LogP contribution in [0, 0.1) is 0 Å². The fourth-order valence-electron chi connectivity index (χ4n) is 3.91. The number of hydrogen-bond acceptors (Lipinski definition) is 14. The predicted octanol–water partition coefficient (Wildman–Crippen LogP) is -3.60. The van der Waals surface area contributed by atoms with E-state index in [1.54, 1.807) is 0 Å². The molecular formula is C18H26N4O13P-. The zero-order valence-electron chi connectivity index (χ0n) is 19.0. The quantitative estimate of drug-likeness (QED) is 0.175. The summed E-state index contributed by atoms with van der Waals surface area (Å²) >= 11 is 0. The second-order valence-electron chi connectivity index (χ2n) is 8.30. The SMILES string of the molecule is CC(=O)NC1C(O)CC(OP(=O)([O-])OCC2OC(n3ccc(N)nc3=O)C(O)C2O)(C(=O)O)OC1C. The number of nitrogens with one attached hydrogen (secondary N) is 1. The van der Waals surface area contributed by atoms with E-state index in [0.29, 0.717) is 0 Å². The molecule has 0 aliphatic carbocycles. The number of carboxylic acids is 1. The minimum atomic E-state index is -5.51. The standard InChI is InChI=1S/C18H27N4O13P/c1-7-12(20-8(2)23)9(24)5-18(34-7,16(27)28)35-36(30,31)32-6-10-13(25)14(26)15(33-10)22-4-3-11(19)21-17(22)29/h3-4,7,9-10,12-15,24-26H,5-6H2,1-2H3,(H,20,23)(H,27,28)(H,30,31)(H2,19,21,29)/p-1. The number of aliphatic hydroxyl groups excluding tert-OH is 3. The van der Waals surface area contributed by atoms with Gasteiger partial charge in [-0.1, -0.05) is 0 Å². The van der Waals surface area contributed by atoms with Crippen molar-refractivity contribution >= 4 is 25.5 Å². The Morgan fingerprint density at radius 3 is 2.61 bits per heavy atom. The molecular weight excluding hydrogens is 511 g/mol. The lowest BCUT2D eigenvalue weighted by molar-refractivity contribution is -0.300. The first-order valence-corrected chi connectivity index (χ1v) is 12.0. The molecule has 17 nitrogen and oxygen atoms in total. The van der Waals surface area contributed by atoms with Gasteiger partial charge in [-0.15, -0.1) is 0 Å². The number of nitrogen functional groups attached to an aromatic ring is 1. The molecule has 18 heteroatoms. The lowest BCUT2D eigenvalue weighted by atomic mass is 9.94. The van der Waals surface area contributed by atoms with Crippen molar-refractivity contribution in [2.24, 2.45) is 0 Å². The van der Waals surface area contributed by atoms with Crippen LogP contribution in [0.1, 0.15) is 26.5 Å². The van der Waals surface area contributed by atoms with Crippen LogP contribution in [0.5, 0.6) is 0 Å². The first-order chi connectivity index (χ1) is 16.7. The summed E-state index contributed by atoms with van der Waals surface area (Å²) in [6.07, 6.45) is -8.86. The number of anilines is 1. The summed E-state index contributed by atoms with van der Waals surface area (Å²) in [5.41, 5.74) is 4.49. The number of aliphatic carboxylic acids is 1. The van der Waals surface area contributed by atoms with Gasteiger partial charge in [0.15, 0.2) is 6.23 Å². The number of amides is 1. The molecule has 0 radical (unpaired) electrons. The molecule has 2 saturated heterocycles. The van der Waals surface area contributed by atoms with Crippen LogP contribution in [0.4, 0.5) is 5.82 Å². The molecule has 9 atom stereocenters. The van der Waals surface area contributed by atoms with E-state index < -0.39 is 87.0 Å². The van der Waals surface area contributed by atoms with Crippen LogP contribution < -0.4 is 21.6 Å². The first kappa shape index (κ1) is 28.1. The van der Waals surface area contributed by atoms with Crippen LogP contribution in [0.15, 0.2) is 17.1 Å². The molecule has 36 heavy (non-hydrogen) atoms. The van der Waals surface area contributed by atoms with Gasteiger partial charge in [-0.2, -0.15) is 4.98 Å². The third-order valence-electron chi connectivity index (χ3n) is 5.59. The molecule has 2 aliphatic rings. The fraction of sp³-hybridized carbons (Fsp3) is 0.667. The first-order valence-electron chi connectivity index (χ1n) is 10.5. The van der Waals surface area contributed by atoms with Gasteiger partial charge in [0.25, 0.3) is 13.6 Å². The van der Waals surface area contributed by atoms with Crippen molar-refractivity contribution in [2.45, 2.75) is 68.8 Å². The molecule has 0 saturated carbocycles. The van der Waals surface area contributed by atoms with E-state index in [1.807, 2.05) is 0 Å². The van der Waals surface area contributed by atoms with Crippen molar-refractivity contribution in [1.82, 2.24) is 14.9 Å². The zero-order chi connectivity index (χ0) is 27.0. The molecule has 202 valence electrons. The van der Waals surface area contributed by atoms with Gasteiger partial charge < -0.3 is 50.4 Å². The van der Waals surface area contributed by atoms with Crippen molar-refractivity contribution in [3.05, 3.63) is 22.7 Å². The largest absolute Gasteiger partial charge is 0.756 e. The fourth-order valence-corrected chi connectivity index (χ4v) is 4.85. The molecule has 3 heterocycles. The maximum atomic E-state index is 12.5. The van der Waals surface area contributed by atoms with Crippen LogP contribution in [-0.2, 0) is 32.7 Å². The lowest BCUT2D eigenvalue weighted by Crippen LogP contribution is -2.63. The van der Waals surface area contributed by atoms with E-state index in [-0.39, 0.29) is 5.82 Å². The molecule has 9 unspecified atom stereocenters. The van der Waals surface area contributed by atoms with Gasteiger partial charge in [0.2, 0.25) is 5.91 Å². The number of phosphoric ester groups is 1. The van der Waals surface area contributed by atoms with Crippen LogP contribution in [0.3, 0.4) is 0 Å². The Balaban J connectivity index is 1.69. The van der Waals surface area contributed by atoms with E-state index in [4.69, 9.17) is 19.7 Å². The van der Waals surface area contributed by atoms with Gasteiger partial charge in [0, 0.05) is 19.5 Å². The number of nitrogens with zero attached hydrogens (tertiary/aromatic N) is 2. The number of aromatic nitrogens is 2. The highest BCUT2D eigenvalue weighted by atomic mass is 31.2. The molecule has 0 spiro atoms. The summed E-state index contributed by atoms with van der Waals surface area (Å²) in [5, 5.41) is 42.8. The number of rotatable bonds is 8. The monoisotopic (exact) mass is 537 g/mol. The molecule has 1 amide bonds. The summed E-state index contributed by atoms with van der Waals surface area (Å²) in [4.78, 5) is 51.1. The summed E-state index contributed by atoms with van der Waals surface area (Å²) in [5.74, 6) is -5.42. The number of ether oxygens (including phenoxy) is 2. The van der Waals surface area contributed by atoms with Crippen molar-refractivity contribution in [3.63, 3.8) is 0 Å². The molecule has 7 N–H and O–H groups in total. The summed E-state index contributed by atoms with van der Waals surface area (Å²) < 4.78 is 33.2. The van der Waals surface area contributed by atoms with E-state index in [0.717, 1.165) is 17.7 Å². The van der Waals surface area contributed by atoms with Crippen molar-refractivity contribution in [1.29, 1.82) is 0 Å². The molecule has 2 aliphatic heterocycles. The Hall–Kier alpha value is -2.47. The second kappa shape index (κ2) is 10.5. The minimum Gasteiger partial charge on any atom is -0.756 e. The van der Waals surface area contributed by atoms with Gasteiger partial charge in [0.05, 0.1) is 24.9 Å². The van der Waals surface area contributed by atoms with E-state index >= 15 is 0 Å². The normalized spacial score (nSPS) is 36.2. The number of hydrogen-bond donors (Lipinski definition) is 6. The average Bonchev–Trinajstić information content (AvgIpc) is 3.03. The summed E-state index contributed by atoms with van der Waals surface area (Å²) in [6.45, 7) is 1.50. The second-order valence-corrected chi connectivity index (χ2v) is 9.64. The van der Waals surface area contributed by atoms with E-state index in [1.165, 1.54) is 13.0 Å². The van der Waals surface area contributed by atoms with Crippen LogP contribution in [0.25, 0.3) is 0 Å². The number of nitrogens with two attached hydrogens (primary N) is 1. The number of carbonyl (C=O) groups excluding carboxylic acids is 1. The van der Waals surface area contributed by atoms with Crippen molar-refractivity contribution in [2.75, 3.05) is 12.3 Å². The molecule has 2 fully saturated rings. The van der Waals surface area contributed by atoms with Crippen molar-refractivity contribution < 1.29 is 58.0 Å². The summed E-state index contributed by atoms with van der Waals surface area (Å²) in [7, 11) is -5.51. The van der Waals surface area contributed by atoms with Gasteiger partial charge >= 0.3 is 11.7 Å². The minimum absolute atomic E-state index is 0.103. The summed E-state index contributed by atoms with van der Waals surface area (Å²) in [6, 6.07) is 0.187. The van der Waals surface area contributed by atoms with E-state index in [9.17, 15) is 44.3 Å². The van der Waals surface area contributed by atoms with Crippen molar-refractivity contribution in [3.8, 4) is 0 Å². The molecule has 1 aromatic rings. The predicted molar refractivity (Wildman–Crippen MR) is 113 cm³/mol. The lowest BCUT2D eigenvalue weighted by Gasteiger charge is -2.45. The maximum absolute atomic E-state index is 12.5. The van der Waals surface area contributed by atoms with Gasteiger partial charge in [-0.25, -0.2) is 9.59 Å². The van der Waals surface area contributed by atoms with Gasteiger partial charge in [-0.3, -0.25) is 18.5 Å². The molecule has 3 rings (SSSR count). The third kappa shape index (κ3) is 5.91. The Bertz CT molecular complexity index is 1090. The van der Waals surface area contributed by atoms with Crippen LogP contribution >= 0.6 is 7.82 Å². The number of phosphoric acid groups is 1. The topological polar surface area (TPSA) is 265 Å². The Labute approximate surface area is 203 Å². The maximum Gasteiger partial charge on any atom is 0.364 e. The average molecular weight is 537 g/mol. The molecule has 0 aromatic carbocycles. The number of carboxylic acid groups (broad SMARTS) is 1. The Kier molecular flexibility index (Phi) is 8.19. The third-order valence-corrected chi connectivity index (χ3v) is 6.57. The number of aliphatic hydroxyl groups is 3. The van der Waals surface area contributed by atoms with Gasteiger partial charge in [0.1, 0.15) is 24.1 Å². The zero-order valence-corrected chi connectivity index (χ0v) is 19.9. The highest BCUT2D eigenvalue weighted by molar-refractivity contribution is 7.45.